The van der Waals surface area contributed by atoms with Gasteiger partial charge < -0.3 is 5.11 Å². The van der Waals surface area contributed by atoms with Gasteiger partial charge >= 0.3 is 0 Å². The Kier molecular flexibility index (Phi) is 7.67. The normalized spacial score (nSPS) is 17.8. The van der Waals surface area contributed by atoms with Gasteiger partial charge in [-0.1, -0.05) is 35.2 Å². The zero-order valence-electron chi connectivity index (χ0n) is 9.63. The van der Waals surface area contributed by atoms with Crippen molar-refractivity contribution in [3.05, 3.63) is 0 Å². The molecule has 0 spiro atoms. The fourth-order valence-electron chi connectivity index (χ4n) is 2.46. The van der Waals surface area contributed by atoms with E-state index in [1.165, 1.54) is 51.5 Å². The summed E-state index contributed by atoms with van der Waals surface area (Å²) >= 11 is 3.46. The summed E-state index contributed by atoms with van der Waals surface area (Å²) in [5.41, 5.74) is 0. The highest BCUT2D eigenvalue weighted by Gasteiger charge is 2.21. The van der Waals surface area contributed by atoms with Gasteiger partial charge in [0, 0.05) is 17.9 Å². The minimum atomic E-state index is 0.314. The lowest BCUT2D eigenvalue weighted by Gasteiger charge is -2.27. The number of nitrogens with zero attached hydrogens (tertiary/aromatic N) is 1. The van der Waals surface area contributed by atoms with Crippen LogP contribution in [0.5, 0.6) is 0 Å². The van der Waals surface area contributed by atoms with Crippen molar-refractivity contribution < 1.29 is 5.11 Å². The lowest BCUT2D eigenvalue weighted by atomic mass is 10.1. The molecule has 1 saturated carbocycles. The zero-order chi connectivity index (χ0) is 10.9. The van der Waals surface area contributed by atoms with Gasteiger partial charge in [0.25, 0.3) is 0 Å². The molecule has 90 valence electrons. The van der Waals surface area contributed by atoms with Crippen LogP contribution in [0.2, 0.25) is 0 Å². The average Bonchev–Trinajstić information content (AvgIpc) is 2.76. The highest BCUT2D eigenvalue weighted by molar-refractivity contribution is 9.09. The van der Waals surface area contributed by atoms with Gasteiger partial charge in [0.05, 0.1) is 6.61 Å². The third kappa shape index (κ3) is 5.32. The van der Waals surface area contributed by atoms with Crippen LogP contribution in [-0.4, -0.2) is 41.1 Å². The molecule has 0 saturated heterocycles. The van der Waals surface area contributed by atoms with Crippen LogP contribution in [0.3, 0.4) is 0 Å². The van der Waals surface area contributed by atoms with Gasteiger partial charge in [-0.25, -0.2) is 0 Å². The first kappa shape index (κ1) is 13.5. The number of hydrogen-bond acceptors (Lipinski definition) is 2. The minimum absolute atomic E-state index is 0.314. The van der Waals surface area contributed by atoms with E-state index in [-0.39, 0.29) is 0 Å². The molecule has 1 N–H and O–H groups in total. The summed E-state index contributed by atoms with van der Waals surface area (Å²) in [6.45, 7) is 2.37. The number of unbranched alkanes of at least 4 members (excludes halogenated alkanes) is 2. The smallest absolute Gasteiger partial charge is 0.0558 e. The number of aliphatic hydroxyl groups is 1. The maximum absolute atomic E-state index is 9.05. The summed E-state index contributed by atoms with van der Waals surface area (Å²) in [5, 5.41) is 10.2. The van der Waals surface area contributed by atoms with Crippen molar-refractivity contribution in [3.8, 4) is 0 Å². The molecule has 2 nitrogen and oxygen atoms in total. The molecule has 0 aromatic rings. The van der Waals surface area contributed by atoms with Gasteiger partial charge in [-0.05, 0) is 32.2 Å². The average molecular weight is 278 g/mol. The van der Waals surface area contributed by atoms with Crippen LogP contribution in [0.4, 0.5) is 0 Å². The monoisotopic (exact) mass is 277 g/mol. The SMILES string of the molecule is OCCN(CCCCCBr)C1CCCC1. The molecular formula is C12H24BrNO. The van der Waals surface area contributed by atoms with Crippen LogP contribution in [0.1, 0.15) is 44.9 Å². The molecule has 0 heterocycles. The Morgan fingerprint density at radius 1 is 1.07 bits per heavy atom. The summed E-state index contributed by atoms with van der Waals surface area (Å²) < 4.78 is 0. The topological polar surface area (TPSA) is 23.5 Å². The molecule has 3 heteroatoms. The van der Waals surface area contributed by atoms with Gasteiger partial charge in [0.2, 0.25) is 0 Å². The number of halogens is 1. The third-order valence-corrected chi connectivity index (χ3v) is 3.87. The van der Waals surface area contributed by atoms with Crippen molar-refractivity contribution >= 4 is 15.9 Å². The lowest BCUT2D eigenvalue weighted by Crippen LogP contribution is -2.36. The zero-order valence-corrected chi connectivity index (χ0v) is 11.2. The van der Waals surface area contributed by atoms with E-state index >= 15 is 0 Å². The van der Waals surface area contributed by atoms with Gasteiger partial charge in [0.15, 0.2) is 0 Å². The Hall–Kier alpha value is 0.400. The largest absolute Gasteiger partial charge is 0.395 e. The van der Waals surface area contributed by atoms with Crippen molar-refractivity contribution in [3.63, 3.8) is 0 Å². The van der Waals surface area contributed by atoms with E-state index in [1.807, 2.05) is 0 Å². The van der Waals surface area contributed by atoms with Crippen LogP contribution in [-0.2, 0) is 0 Å². The van der Waals surface area contributed by atoms with Crippen molar-refractivity contribution in [2.45, 2.75) is 51.0 Å². The Morgan fingerprint density at radius 2 is 1.80 bits per heavy atom. The van der Waals surface area contributed by atoms with Crippen LogP contribution in [0, 0.1) is 0 Å². The van der Waals surface area contributed by atoms with Crippen LogP contribution >= 0.6 is 15.9 Å². The predicted octanol–water partition coefficient (Wildman–Crippen LogP) is 2.79. The molecule has 0 amide bonds. The first-order valence-corrected chi connectivity index (χ1v) is 7.41. The van der Waals surface area contributed by atoms with E-state index in [0.29, 0.717) is 6.61 Å². The van der Waals surface area contributed by atoms with E-state index in [9.17, 15) is 0 Å². The second kappa shape index (κ2) is 8.54. The molecule has 15 heavy (non-hydrogen) atoms. The fraction of sp³-hybridized carbons (Fsp3) is 1.00. The summed E-state index contributed by atoms with van der Waals surface area (Å²) in [6.07, 6.45) is 9.32. The molecular weight excluding hydrogens is 254 g/mol. The predicted molar refractivity (Wildman–Crippen MR) is 68.6 cm³/mol. The lowest BCUT2D eigenvalue weighted by molar-refractivity contribution is 0.149. The van der Waals surface area contributed by atoms with Crippen molar-refractivity contribution in [1.29, 1.82) is 0 Å². The minimum Gasteiger partial charge on any atom is -0.395 e. The molecule has 0 atom stereocenters. The number of aliphatic hydroxyl groups excluding tert-OH is 1. The van der Waals surface area contributed by atoms with Crippen LogP contribution < -0.4 is 0 Å². The van der Waals surface area contributed by atoms with Crippen molar-refractivity contribution in [2.75, 3.05) is 25.0 Å². The number of alkyl halides is 1. The maximum atomic E-state index is 9.05. The van der Waals surface area contributed by atoms with Gasteiger partial charge in [-0.15, -0.1) is 0 Å². The third-order valence-electron chi connectivity index (χ3n) is 3.31. The van der Waals surface area contributed by atoms with Crippen molar-refractivity contribution in [2.24, 2.45) is 0 Å². The maximum Gasteiger partial charge on any atom is 0.0558 e. The molecule has 0 aromatic carbocycles. The molecule has 1 aliphatic rings. The molecule has 1 aliphatic carbocycles. The Bertz CT molecular complexity index is 149. The molecule has 0 aliphatic heterocycles. The Morgan fingerprint density at radius 3 is 2.40 bits per heavy atom. The van der Waals surface area contributed by atoms with Crippen LogP contribution in [0.15, 0.2) is 0 Å². The molecule has 1 rings (SSSR count). The number of hydrogen-bond donors (Lipinski definition) is 1. The van der Waals surface area contributed by atoms with E-state index in [4.69, 9.17) is 5.11 Å². The summed E-state index contributed by atoms with van der Waals surface area (Å²) in [4.78, 5) is 2.50. The van der Waals surface area contributed by atoms with E-state index in [0.717, 1.165) is 17.9 Å². The first-order chi connectivity index (χ1) is 7.38. The molecule has 0 unspecified atom stereocenters. The molecule has 0 aromatic heterocycles. The molecule has 1 fully saturated rings. The van der Waals surface area contributed by atoms with Crippen LogP contribution in [0.25, 0.3) is 0 Å². The highest BCUT2D eigenvalue weighted by atomic mass is 79.9. The Labute approximate surface area is 102 Å². The van der Waals surface area contributed by atoms with Gasteiger partial charge in [-0.2, -0.15) is 0 Å². The quantitative estimate of drug-likeness (QED) is 0.545. The molecule has 0 radical (unpaired) electrons. The van der Waals surface area contributed by atoms with Gasteiger partial charge in [0.1, 0.15) is 0 Å². The van der Waals surface area contributed by atoms with E-state index in [1.54, 1.807) is 0 Å². The summed E-state index contributed by atoms with van der Waals surface area (Å²) in [7, 11) is 0. The fourth-order valence-corrected chi connectivity index (χ4v) is 2.86. The molecule has 0 bridgehead atoms. The second-order valence-electron chi connectivity index (χ2n) is 4.45. The Balaban J connectivity index is 2.17. The highest BCUT2D eigenvalue weighted by Crippen LogP contribution is 2.23. The number of rotatable bonds is 8. The second-order valence-corrected chi connectivity index (χ2v) is 5.24. The van der Waals surface area contributed by atoms with Gasteiger partial charge in [-0.3, -0.25) is 4.90 Å². The van der Waals surface area contributed by atoms with E-state index in [2.05, 4.69) is 20.8 Å². The van der Waals surface area contributed by atoms with Crippen molar-refractivity contribution in [1.82, 2.24) is 4.90 Å². The first-order valence-electron chi connectivity index (χ1n) is 6.29. The standard InChI is InChI=1S/C12H24BrNO/c13-8-4-1-5-9-14(10-11-15)12-6-2-3-7-12/h12,15H,1-11H2. The summed E-state index contributed by atoms with van der Waals surface area (Å²) in [5.74, 6) is 0. The summed E-state index contributed by atoms with van der Waals surface area (Å²) in [6, 6.07) is 0.765. The van der Waals surface area contributed by atoms with E-state index < -0.39 is 0 Å².